The van der Waals surface area contributed by atoms with Gasteiger partial charge in [-0.25, -0.2) is 9.78 Å². The van der Waals surface area contributed by atoms with E-state index in [1.807, 2.05) is 29.5 Å². The summed E-state index contributed by atoms with van der Waals surface area (Å²) in [6.45, 7) is 1.96. The molecule has 0 aliphatic heterocycles. The van der Waals surface area contributed by atoms with Crippen LogP contribution in [0.3, 0.4) is 0 Å². The van der Waals surface area contributed by atoms with Gasteiger partial charge in [-0.1, -0.05) is 6.07 Å². The second kappa shape index (κ2) is 6.57. The second-order valence-corrected chi connectivity index (χ2v) is 7.49. The number of nitrogens with zero attached hydrogens (tertiary/aromatic N) is 2. The largest absolute Gasteiger partial charge is 0.465 e. The maximum absolute atomic E-state index is 12.7. The van der Waals surface area contributed by atoms with Crippen molar-refractivity contribution in [2.24, 2.45) is 0 Å². The zero-order chi connectivity index (χ0) is 18.3. The Bertz CT molecular complexity index is 1020. The van der Waals surface area contributed by atoms with E-state index in [1.54, 1.807) is 6.20 Å². The van der Waals surface area contributed by atoms with Crippen LogP contribution in [-0.4, -0.2) is 28.4 Å². The minimum Gasteiger partial charge on any atom is -0.465 e. The predicted octanol–water partition coefficient (Wildman–Crippen LogP) is 3.62. The van der Waals surface area contributed by atoms with Crippen molar-refractivity contribution in [1.82, 2.24) is 9.38 Å². The van der Waals surface area contributed by atoms with Gasteiger partial charge in [0.15, 0.2) is 0 Å². The summed E-state index contributed by atoms with van der Waals surface area (Å²) in [7, 11) is 1.37. The van der Waals surface area contributed by atoms with Gasteiger partial charge in [0.05, 0.1) is 12.7 Å². The summed E-state index contributed by atoms with van der Waals surface area (Å²) >= 11 is 1.47. The fourth-order valence-electron chi connectivity index (χ4n) is 3.40. The highest BCUT2D eigenvalue weighted by Gasteiger charge is 2.27. The van der Waals surface area contributed by atoms with Crippen molar-refractivity contribution in [1.29, 1.82) is 0 Å². The van der Waals surface area contributed by atoms with E-state index in [-0.39, 0.29) is 5.91 Å². The molecule has 1 amide bonds. The van der Waals surface area contributed by atoms with E-state index in [1.165, 1.54) is 18.4 Å². The van der Waals surface area contributed by atoms with Gasteiger partial charge >= 0.3 is 5.97 Å². The third-order valence-electron chi connectivity index (χ3n) is 4.72. The number of fused-ring (bicyclic) bond motifs is 2. The molecule has 0 saturated heterocycles. The first-order valence-electron chi connectivity index (χ1n) is 8.57. The molecule has 134 valence electrons. The van der Waals surface area contributed by atoms with Gasteiger partial charge in [-0.3, -0.25) is 4.79 Å². The van der Waals surface area contributed by atoms with Crippen LogP contribution in [0.1, 0.15) is 49.8 Å². The van der Waals surface area contributed by atoms with Crippen molar-refractivity contribution in [2.45, 2.75) is 32.6 Å². The summed E-state index contributed by atoms with van der Waals surface area (Å²) in [6.07, 6.45) is 5.65. The number of pyridine rings is 1. The van der Waals surface area contributed by atoms with Gasteiger partial charge in [0.25, 0.3) is 5.91 Å². The van der Waals surface area contributed by atoms with E-state index in [9.17, 15) is 9.59 Å². The molecule has 4 rings (SSSR count). The van der Waals surface area contributed by atoms with E-state index in [2.05, 4.69) is 10.3 Å². The van der Waals surface area contributed by atoms with Gasteiger partial charge in [-0.05, 0) is 50.3 Å². The number of thiophene rings is 1. The number of carbonyl (C=O) groups is 2. The van der Waals surface area contributed by atoms with Gasteiger partial charge < -0.3 is 14.5 Å². The molecule has 0 bridgehead atoms. The van der Waals surface area contributed by atoms with Crippen molar-refractivity contribution < 1.29 is 14.3 Å². The van der Waals surface area contributed by atoms with Crippen molar-refractivity contribution in [2.75, 3.05) is 12.4 Å². The number of carbonyl (C=O) groups excluding carboxylic acids is 2. The van der Waals surface area contributed by atoms with Crippen LogP contribution in [-0.2, 0) is 17.6 Å². The molecule has 3 heterocycles. The number of imidazole rings is 1. The Morgan fingerprint density at radius 2 is 2.08 bits per heavy atom. The molecule has 3 aromatic heterocycles. The lowest BCUT2D eigenvalue weighted by molar-refractivity contribution is 0.0601. The summed E-state index contributed by atoms with van der Waals surface area (Å²) in [5, 5.41) is 3.44. The lowest BCUT2D eigenvalue weighted by Crippen LogP contribution is -2.15. The maximum atomic E-state index is 12.7. The van der Waals surface area contributed by atoms with Crippen LogP contribution in [0.4, 0.5) is 5.00 Å². The Morgan fingerprint density at radius 1 is 1.27 bits per heavy atom. The highest BCUT2D eigenvalue weighted by atomic mass is 32.1. The summed E-state index contributed by atoms with van der Waals surface area (Å²) in [4.78, 5) is 30.6. The summed E-state index contributed by atoms with van der Waals surface area (Å²) in [5.41, 5.74) is 3.56. The van der Waals surface area contributed by atoms with E-state index in [4.69, 9.17) is 4.74 Å². The van der Waals surface area contributed by atoms with Crippen molar-refractivity contribution in [3.05, 3.63) is 51.8 Å². The third-order valence-corrected chi connectivity index (χ3v) is 5.92. The Balaban J connectivity index is 1.69. The van der Waals surface area contributed by atoms with Gasteiger partial charge in [-0.15, -0.1) is 11.3 Å². The quantitative estimate of drug-likeness (QED) is 0.716. The summed E-state index contributed by atoms with van der Waals surface area (Å²) < 4.78 is 6.82. The van der Waals surface area contributed by atoms with E-state index in [0.717, 1.165) is 41.8 Å². The average Bonchev–Trinajstić information content (AvgIpc) is 3.23. The standard InChI is InChI=1S/C19H19N3O3S/c1-11-6-5-9-15-20-13(10-22(11)15)17(23)21-18-16(19(24)25-2)12-7-3-4-8-14(12)26-18/h5-6,9-10H,3-4,7-8H2,1-2H3,(H,21,23). The molecule has 0 radical (unpaired) electrons. The fraction of sp³-hybridized carbons (Fsp3) is 0.316. The molecule has 0 aromatic carbocycles. The molecule has 3 aromatic rings. The number of rotatable bonds is 3. The second-order valence-electron chi connectivity index (χ2n) is 6.38. The number of aryl methyl sites for hydroxylation is 2. The van der Waals surface area contributed by atoms with Gasteiger partial charge in [0.1, 0.15) is 16.3 Å². The van der Waals surface area contributed by atoms with Crippen LogP contribution in [0.5, 0.6) is 0 Å². The van der Waals surface area contributed by atoms with Crippen molar-refractivity contribution >= 4 is 33.9 Å². The minimum absolute atomic E-state index is 0.321. The van der Waals surface area contributed by atoms with Crippen molar-refractivity contribution in [3.63, 3.8) is 0 Å². The van der Waals surface area contributed by atoms with E-state index >= 15 is 0 Å². The number of methoxy groups -OCH3 is 1. The maximum Gasteiger partial charge on any atom is 0.341 e. The fourth-order valence-corrected chi connectivity index (χ4v) is 4.67. The molecule has 0 saturated carbocycles. The molecule has 0 atom stereocenters. The molecule has 7 heteroatoms. The number of anilines is 1. The molecule has 6 nitrogen and oxygen atoms in total. The van der Waals surface area contributed by atoms with Gasteiger partial charge in [-0.2, -0.15) is 0 Å². The van der Waals surface area contributed by atoms with Crippen LogP contribution in [0.25, 0.3) is 5.65 Å². The zero-order valence-electron chi connectivity index (χ0n) is 14.7. The van der Waals surface area contributed by atoms with E-state index < -0.39 is 5.97 Å². The molecule has 0 spiro atoms. The highest BCUT2D eigenvalue weighted by Crippen LogP contribution is 2.38. The third kappa shape index (κ3) is 2.78. The van der Waals surface area contributed by atoms with Crippen LogP contribution < -0.4 is 5.32 Å². The van der Waals surface area contributed by atoms with Gasteiger partial charge in [0.2, 0.25) is 0 Å². The number of hydrogen-bond acceptors (Lipinski definition) is 5. The summed E-state index contributed by atoms with van der Waals surface area (Å²) in [6, 6.07) is 5.72. The normalized spacial score (nSPS) is 13.5. The lowest BCUT2D eigenvalue weighted by Gasteiger charge is -2.11. The van der Waals surface area contributed by atoms with Crippen LogP contribution >= 0.6 is 11.3 Å². The zero-order valence-corrected chi connectivity index (χ0v) is 15.5. The Kier molecular flexibility index (Phi) is 4.24. The smallest absolute Gasteiger partial charge is 0.341 e. The molecule has 1 aliphatic rings. The average molecular weight is 369 g/mol. The topological polar surface area (TPSA) is 72.7 Å². The first kappa shape index (κ1) is 16.8. The van der Waals surface area contributed by atoms with Crippen LogP contribution in [0.15, 0.2) is 24.4 Å². The van der Waals surface area contributed by atoms with Crippen LogP contribution in [0, 0.1) is 6.92 Å². The molecule has 0 fully saturated rings. The molecule has 1 N–H and O–H groups in total. The first-order chi connectivity index (χ1) is 12.6. The number of aromatic nitrogens is 2. The number of nitrogens with one attached hydrogen (secondary N) is 1. The number of amides is 1. The number of esters is 1. The van der Waals surface area contributed by atoms with Crippen molar-refractivity contribution in [3.8, 4) is 0 Å². The molecular weight excluding hydrogens is 350 g/mol. The molecule has 1 aliphatic carbocycles. The SMILES string of the molecule is COC(=O)c1c(NC(=O)c2cn3c(C)cccc3n2)sc2c1CCCC2. The Hall–Kier alpha value is -2.67. The minimum atomic E-state index is -0.398. The van der Waals surface area contributed by atoms with E-state index in [0.29, 0.717) is 21.9 Å². The Labute approximate surface area is 154 Å². The lowest BCUT2D eigenvalue weighted by atomic mass is 9.95. The predicted molar refractivity (Wildman–Crippen MR) is 100 cm³/mol. The summed E-state index contributed by atoms with van der Waals surface area (Å²) in [5.74, 6) is -0.720. The van der Waals surface area contributed by atoms with Gasteiger partial charge in [0, 0.05) is 16.8 Å². The monoisotopic (exact) mass is 369 g/mol. The molecular formula is C19H19N3O3S. The Morgan fingerprint density at radius 3 is 2.85 bits per heavy atom. The first-order valence-corrected chi connectivity index (χ1v) is 9.39. The number of ether oxygens (including phenoxy) is 1. The molecule has 26 heavy (non-hydrogen) atoms. The number of hydrogen-bond donors (Lipinski definition) is 1. The van der Waals surface area contributed by atoms with Crippen LogP contribution in [0.2, 0.25) is 0 Å². The highest BCUT2D eigenvalue weighted by molar-refractivity contribution is 7.17. The molecule has 0 unspecified atom stereocenters.